The average Bonchev–Trinajstić information content (AvgIpc) is 2.39. The van der Waals surface area contributed by atoms with Gasteiger partial charge in [-0.1, -0.05) is 18.2 Å². The number of hydrogen-bond acceptors (Lipinski definition) is 2. The summed E-state index contributed by atoms with van der Waals surface area (Å²) in [5.41, 5.74) is 2.21. The van der Waals surface area contributed by atoms with Crippen molar-refractivity contribution >= 4 is 0 Å². The molecule has 100 valence electrons. The van der Waals surface area contributed by atoms with Crippen LogP contribution in [0.5, 0.6) is 5.75 Å². The minimum atomic E-state index is -0.753. The number of hydrogen-bond donors (Lipinski definition) is 1. The lowest BCUT2D eigenvalue weighted by molar-refractivity contribution is 0.219. The quantitative estimate of drug-likeness (QED) is 0.909. The number of aliphatic hydroxyl groups excluding tert-OH is 1. The van der Waals surface area contributed by atoms with Crippen LogP contribution < -0.4 is 4.74 Å². The van der Waals surface area contributed by atoms with Crippen LogP contribution in [-0.4, -0.2) is 11.7 Å². The minimum Gasteiger partial charge on any atom is -0.494 e. The molecule has 0 fully saturated rings. The minimum absolute atomic E-state index is 0.292. The smallest absolute Gasteiger partial charge is 0.123 e. The first-order valence-corrected chi connectivity index (χ1v) is 6.28. The van der Waals surface area contributed by atoms with Crippen LogP contribution in [-0.2, 0) is 0 Å². The van der Waals surface area contributed by atoms with Crippen LogP contribution in [0.1, 0.15) is 29.7 Å². The molecule has 2 nitrogen and oxygen atoms in total. The maximum Gasteiger partial charge on any atom is 0.123 e. The van der Waals surface area contributed by atoms with E-state index in [0.29, 0.717) is 12.2 Å². The molecule has 0 aromatic heterocycles. The molecule has 2 aromatic carbocycles. The third-order valence-corrected chi connectivity index (χ3v) is 3.03. The van der Waals surface area contributed by atoms with Crippen molar-refractivity contribution in [3.8, 4) is 5.75 Å². The fraction of sp³-hybridized carbons (Fsp3) is 0.250. The zero-order valence-electron chi connectivity index (χ0n) is 11.1. The highest BCUT2D eigenvalue weighted by Crippen LogP contribution is 2.26. The maximum absolute atomic E-state index is 13.1. The van der Waals surface area contributed by atoms with Crippen molar-refractivity contribution in [2.24, 2.45) is 0 Å². The van der Waals surface area contributed by atoms with Crippen LogP contribution in [0, 0.1) is 12.7 Å². The molecule has 2 rings (SSSR count). The van der Waals surface area contributed by atoms with Crippen LogP contribution in [0.25, 0.3) is 0 Å². The Bertz CT molecular complexity index is 549. The Morgan fingerprint density at radius 1 is 1.16 bits per heavy atom. The lowest BCUT2D eigenvalue weighted by atomic mass is 9.97. The van der Waals surface area contributed by atoms with Crippen molar-refractivity contribution in [1.29, 1.82) is 0 Å². The molecule has 0 aliphatic rings. The number of ether oxygens (including phenoxy) is 1. The molecule has 0 bridgehead atoms. The highest BCUT2D eigenvalue weighted by Gasteiger charge is 2.13. The van der Waals surface area contributed by atoms with E-state index in [0.717, 1.165) is 16.9 Å². The summed E-state index contributed by atoms with van der Waals surface area (Å²) < 4.78 is 18.4. The van der Waals surface area contributed by atoms with Gasteiger partial charge in [0, 0.05) is 0 Å². The van der Waals surface area contributed by atoms with E-state index in [-0.39, 0.29) is 5.82 Å². The van der Waals surface area contributed by atoms with E-state index in [2.05, 4.69) is 0 Å². The van der Waals surface area contributed by atoms with Crippen LogP contribution >= 0.6 is 0 Å². The molecule has 2 aromatic rings. The second-order valence-corrected chi connectivity index (χ2v) is 4.41. The average molecular weight is 260 g/mol. The molecule has 0 aliphatic heterocycles. The molecule has 0 aliphatic carbocycles. The molecular weight excluding hydrogens is 243 g/mol. The molecule has 0 heterocycles. The van der Waals surface area contributed by atoms with Crippen LogP contribution in [0.4, 0.5) is 4.39 Å². The van der Waals surface area contributed by atoms with Crippen molar-refractivity contribution in [2.75, 3.05) is 6.61 Å². The van der Waals surface area contributed by atoms with Gasteiger partial charge in [0.05, 0.1) is 6.61 Å². The molecule has 0 radical (unpaired) electrons. The third kappa shape index (κ3) is 3.12. The van der Waals surface area contributed by atoms with Crippen LogP contribution in [0.15, 0.2) is 42.5 Å². The number of rotatable bonds is 4. The SMILES string of the molecule is CCOc1ccc(C(O)c2ccc(F)cc2C)cc1. The monoisotopic (exact) mass is 260 g/mol. The first-order valence-electron chi connectivity index (χ1n) is 6.28. The fourth-order valence-electron chi connectivity index (χ4n) is 2.04. The summed E-state index contributed by atoms with van der Waals surface area (Å²) in [7, 11) is 0. The van der Waals surface area contributed by atoms with Gasteiger partial charge in [0.1, 0.15) is 17.7 Å². The number of halogens is 1. The van der Waals surface area contributed by atoms with E-state index >= 15 is 0 Å². The third-order valence-electron chi connectivity index (χ3n) is 3.03. The zero-order chi connectivity index (χ0) is 13.8. The van der Waals surface area contributed by atoms with Crippen molar-refractivity contribution < 1.29 is 14.2 Å². The van der Waals surface area contributed by atoms with E-state index in [4.69, 9.17) is 4.74 Å². The topological polar surface area (TPSA) is 29.5 Å². The van der Waals surface area contributed by atoms with Crippen molar-refractivity contribution in [1.82, 2.24) is 0 Å². The van der Waals surface area contributed by atoms with Gasteiger partial charge in [0.15, 0.2) is 0 Å². The first-order chi connectivity index (χ1) is 9.11. The first kappa shape index (κ1) is 13.6. The molecule has 1 unspecified atom stereocenters. The molecule has 0 spiro atoms. The van der Waals surface area contributed by atoms with Gasteiger partial charge in [-0.2, -0.15) is 0 Å². The highest BCUT2D eigenvalue weighted by molar-refractivity contribution is 5.37. The number of benzene rings is 2. The van der Waals surface area contributed by atoms with Gasteiger partial charge < -0.3 is 9.84 Å². The Hall–Kier alpha value is -1.87. The summed E-state index contributed by atoms with van der Waals surface area (Å²) in [5, 5.41) is 10.3. The molecule has 1 N–H and O–H groups in total. The van der Waals surface area contributed by atoms with E-state index < -0.39 is 6.10 Å². The van der Waals surface area contributed by atoms with Gasteiger partial charge in [-0.15, -0.1) is 0 Å². The second kappa shape index (κ2) is 5.85. The summed E-state index contributed by atoms with van der Waals surface area (Å²) in [6.45, 7) is 4.32. The highest BCUT2D eigenvalue weighted by atomic mass is 19.1. The van der Waals surface area contributed by atoms with Crippen molar-refractivity contribution in [3.05, 3.63) is 65.0 Å². The second-order valence-electron chi connectivity index (χ2n) is 4.41. The van der Waals surface area contributed by atoms with E-state index in [1.807, 2.05) is 31.2 Å². The molecule has 0 saturated heterocycles. The molecule has 0 amide bonds. The van der Waals surface area contributed by atoms with Crippen LogP contribution in [0.2, 0.25) is 0 Å². The van der Waals surface area contributed by atoms with Gasteiger partial charge in [-0.25, -0.2) is 4.39 Å². The van der Waals surface area contributed by atoms with E-state index in [1.54, 1.807) is 13.0 Å². The Morgan fingerprint density at radius 3 is 2.42 bits per heavy atom. The Kier molecular flexibility index (Phi) is 4.17. The predicted octanol–water partition coefficient (Wildman–Crippen LogP) is 3.61. The summed E-state index contributed by atoms with van der Waals surface area (Å²) in [6, 6.07) is 11.7. The lowest BCUT2D eigenvalue weighted by Crippen LogP contribution is -2.02. The molecule has 3 heteroatoms. The Morgan fingerprint density at radius 2 is 1.84 bits per heavy atom. The van der Waals surface area contributed by atoms with Crippen LogP contribution in [0.3, 0.4) is 0 Å². The zero-order valence-corrected chi connectivity index (χ0v) is 11.1. The van der Waals surface area contributed by atoms with Crippen molar-refractivity contribution in [2.45, 2.75) is 20.0 Å². The standard InChI is InChI=1S/C16H17FO2/c1-3-19-14-7-4-12(5-8-14)16(18)15-9-6-13(17)10-11(15)2/h4-10,16,18H,3H2,1-2H3. The molecule has 19 heavy (non-hydrogen) atoms. The number of aliphatic hydroxyl groups is 1. The normalized spacial score (nSPS) is 12.2. The summed E-state index contributed by atoms with van der Waals surface area (Å²) in [4.78, 5) is 0. The molecule has 0 saturated carbocycles. The number of aryl methyl sites for hydroxylation is 1. The van der Waals surface area contributed by atoms with E-state index in [9.17, 15) is 9.50 Å². The van der Waals surface area contributed by atoms with Gasteiger partial charge >= 0.3 is 0 Å². The van der Waals surface area contributed by atoms with Gasteiger partial charge in [0.2, 0.25) is 0 Å². The molecule has 1 atom stereocenters. The summed E-state index contributed by atoms with van der Waals surface area (Å²) in [5.74, 6) is 0.481. The lowest BCUT2D eigenvalue weighted by Gasteiger charge is -2.14. The summed E-state index contributed by atoms with van der Waals surface area (Å²) >= 11 is 0. The van der Waals surface area contributed by atoms with Gasteiger partial charge in [-0.05, 0) is 54.8 Å². The van der Waals surface area contributed by atoms with Gasteiger partial charge in [-0.3, -0.25) is 0 Å². The Labute approximate surface area is 112 Å². The fourth-order valence-corrected chi connectivity index (χ4v) is 2.04. The summed E-state index contributed by atoms with van der Waals surface area (Å²) in [6.07, 6.45) is -0.753. The van der Waals surface area contributed by atoms with Crippen molar-refractivity contribution in [3.63, 3.8) is 0 Å². The van der Waals surface area contributed by atoms with Gasteiger partial charge in [0.25, 0.3) is 0 Å². The predicted molar refractivity (Wildman–Crippen MR) is 72.8 cm³/mol. The maximum atomic E-state index is 13.1. The molecular formula is C16H17FO2. The largest absolute Gasteiger partial charge is 0.494 e. The Balaban J connectivity index is 2.25. The van der Waals surface area contributed by atoms with E-state index in [1.165, 1.54) is 12.1 Å².